The minimum absolute atomic E-state index is 0.144. The second kappa shape index (κ2) is 21.1. The van der Waals surface area contributed by atoms with Crippen molar-refractivity contribution in [2.45, 2.75) is 36.5 Å². The number of aryl methyl sites for hydroxylation is 1. The van der Waals surface area contributed by atoms with E-state index >= 15 is 0 Å². The van der Waals surface area contributed by atoms with E-state index < -0.39 is 5.41 Å². The van der Waals surface area contributed by atoms with Crippen molar-refractivity contribution >= 4 is 21.8 Å². The molecular formula is C84H61N. The summed E-state index contributed by atoms with van der Waals surface area (Å²) in [7, 11) is 0. The highest BCUT2D eigenvalue weighted by atomic mass is 15.0. The third-order valence-corrected chi connectivity index (χ3v) is 18.8. The van der Waals surface area contributed by atoms with Crippen LogP contribution in [-0.4, -0.2) is 4.57 Å². The third-order valence-electron chi connectivity index (χ3n) is 18.8. The monoisotopic (exact) mass is 1080 g/mol. The van der Waals surface area contributed by atoms with Crippen LogP contribution in [0.2, 0.25) is 0 Å². The van der Waals surface area contributed by atoms with Crippen LogP contribution in [0, 0.1) is 0 Å². The van der Waals surface area contributed by atoms with Gasteiger partial charge in [-0.1, -0.05) is 291 Å². The van der Waals surface area contributed by atoms with E-state index in [-0.39, 0.29) is 11.8 Å². The van der Waals surface area contributed by atoms with Gasteiger partial charge in [-0.05, 0) is 161 Å². The molecule has 1 heterocycles. The number of fused-ring (bicyclic) bond motifs is 9. The lowest BCUT2D eigenvalue weighted by molar-refractivity contribution is 0.729. The second-order valence-corrected chi connectivity index (χ2v) is 23.3. The topological polar surface area (TPSA) is 4.93 Å². The minimum Gasteiger partial charge on any atom is -0.309 e. The molecule has 2 aliphatic rings. The summed E-state index contributed by atoms with van der Waals surface area (Å²) in [4.78, 5) is 0. The van der Waals surface area contributed by atoms with E-state index in [9.17, 15) is 0 Å². The van der Waals surface area contributed by atoms with Crippen LogP contribution in [0.5, 0.6) is 0 Å². The van der Waals surface area contributed by atoms with Crippen molar-refractivity contribution < 1.29 is 0 Å². The van der Waals surface area contributed by atoms with Crippen molar-refractivity contribution in [1.29, 1.82) is 0 Å². The molecule has 0 radical (unpaired) electrons. The first-order chi connectivity index (χ1) is 42.2. The molecule has 0 amide bonds. The first-order valence-corrected chi connectivity index (χ1v) is 30.2. The van der Waals surface area contributed by atoms with E-state index in [0.717, 1.165) is 19.3 Å². The molecule has 14 aromatic rings. The zero-order chi connectivity index (χ0) is 56.3. The highest BCUT2D eigenvalue weighted by Crippen LogP contribution is 2.59. The van der Waals surface area contributed by atoms with Gasteiger partial charge < -0.3 is 4.57 Å². The normalized spacial score (nSPS) is 14.0. The maximum Gasteiger partial charge on any atom is 0.0713 e. The fraction of sp³-hybridized carbons (Fsp3) is 0.0714. The molecule has 0 saturated heterocycles. The van der Waals surface area contributed by atoms with Gasteiger partial charge in [0, 0.05) is 28.3 Å². The molecule has 85 heavy (non-hydrogen) atoms. The van der Waals surface area contributed by atoms with Crippen LogP contribution in [0.4, 0.5) is 0 Å². The summed E-state index contributed by atoms with van der Waals surface area (Å²) >= 11 is 0. The molecule has 16 rings (SSSR count). The van der Waals surface area contributed by atoms with Crippen LogP contribution in [-0.2, 0) is 18.3 Å². The molecule has 402 valence electrons. The van der Waals surface area contributed by atoms with E-state index in [2.05, 4.69) is 326 Å². The fourth-order valence-electron chi connectivity index (χ4n) is 14.8. The Hall–Kier alpha value is -10.3. The van der Waals surface area contributed by atoms with Crippen LogP contribution in [0.3, 0.4) is 0 Å². The van der Waals surface area contributed by atoms with Gasteiger partial charge in [0.15, 0.2) is 0 Å². The zero-order valence-corrected chi connectivity index (χ0v) is 47.3. The third kappa shape index (κ3) is 8.61. The highest BCUT2D eigenvalue weighted by Gasteiger charge is 2.47. The number of hydrogen-bond acceptors (Lipinski definition) is 0. The van der Waals surface area contributed by atoms with Gasteiger partial charge in [0.1, 0.15) is 0 Å². The molecule has 13 aromatic carbocycles. The standard InChI is InChI=1S/C84H61N/c1-6-21-58(22-7-1)53-76(63-44-42-62(43-45-63)60-25-10-3-11-26-60)65-47-51-74-73-31-17-19-36-81(73)85(82(74)55-65)68-48-52-71-70-50-46-64(54-77(70)72(78(71)56-68)49-39-57-37-40-61(41-38-57)59-23-8-2-9-24-59)69-33-20-35-80-83(69)75-32-16-18-34-79(75)84(80,66-27-12-4-13-28-66)67-29-14-5-15-30-67/h1-38,40-48,50-52,54-56,72,76H,39,49,53H2. The lowest BCUT2D eigenvalue weighted by Gasteiger charge is -2.34. The fourth-order valence-corrected chi connectivity index (χ4v) is 14.8. The number of aromatic nitrogens is 1. The molecule has 0 saturated carbocycles. The molecule has 1 nitrogen and oxygen atoms in total. The van der Waals surface area contributed by atoms with Gasteiger partial charge in [-0.2, -0.15) is 0 Å². The Morgan fingerprint density at radius 3 is 1.54 bits per heavy atom. The number of nitrogens with zero attached hydrogens (tertiary/aromatic N) is 1. The van der Waals surface area contributed by atoms with Gasteiger partial charge in [-0.25, -0.2) is 0 Å². The summed E-state index contributed by atoms with van der Waals surface area (Å²) < 4.78 is 2.55. The maximum atomic E-state index is 2.56. The molecule has 0 spiro atoms. The minimum atomic E-state index is -0.475. The van der Waals surface area contributed by atoms with Crippen molar-refractivity contribution in [1.82, 2.24) is 4.57 Å². The lowest BCUT2D eigenvalue weighted by atomic mass is 9.67. The summed E-state index contributed by atoms with van der Waals surface area (Å²) in [6.07, 6.45) is 2.82. The molecule has 0 bridgehead atoms. The average Bonchev–Trinajstić information content (AvgIpc) is 2.15. The van der Waals surface area contributed by atoms with E-state index in [1.807, 2.05) is 0 Å². The zero-order valence-electron chi connectivity index (χ0n) is 47.3. The number of rotatable bonds is 13. The lowest BCUT2D eigenvalue weighted by Crippen LogP contribution is -2.28. The summed E-state index contributed by atoms with van der Waals surface area (Å²) in [5.74, 6) is 0.304. The van der Waals surface area contributed by atoms with Crippen molar-refractivity contribution in [2.24, 2.45) is 0 Å². The Labute approximate surface area is 498 Å². The van der Waals surface area contributed by atoms with Gasteiger partial charge in [-0.3, -0.25) is 0 Å². The SMILES string of the molecule is c1ccc(CC(c2ccc(-c3ccccc3)cc2)c2ccc3c4ccccc4n(-c4ccc5c(c4)C(CCc4ccc(-c6ccccc6)cc4)c4cc(-c6cccc7c6-c6ccccc6C7(c6ccccc6)c6ccccc6)ccc4-5)c3c2)cc1. The smallest absolute Gasteiger partial charge is 0.0713 e. The Balaban J connectivity index is 0.835. The van der Waals surface area contributed by atoms with Gasteiger partial charge in [-0.15, -0.1) is 0 Å². The Morgan fingerprint density at radius 1 is 0.329 bits per heavy atom. The molecule has 2 unspecified atom stereocenters. The first-order valence-electron chi connectivity index (χ1n) is 30.2. The van der Waals surface area contributed by atoms with Gasteiger partial charge in [0.05, 0.1) is 16.4 Å². The van der Waals surface area contributed by atoms with Gasteiger partial charge >= 0.3 is 0 Å². The Bertz CT molecular complexity index is 4710. The van der Waals surface area contributed by atoms with Gasteiger partial charge in [0.25, 0.3) is 0 Å². The van der Waals surface area contributed by atoms with Crippen LogP contribution in [0.1, 0.15) is 73.9 Å². The molecule has 0 aliphatic heterocycles. The van der Waals surface area contributed by atoms with Crippen LogP contribution in [0.25, 0.3) is 83.1 Å². The van der Waals surface area contributed by atoms with E-state index in [0.29, 0.717) is 0 Å². The highest BCUT2D eigenvalue weighted by molar-refractivity contribution is 6.09. The molecule has 1 heteroatoms. The number of para-hydroxylation sites is 1. The maximum absolute atomic E-state index is 2.56. The molecule has 2 aliphatic carbocycles. The van der Waals surface area contributed by atoms with Crippen LogP contribution in [0.15, 0.2) is 322 Å². The predicted molar refractivity (Wildman–Crippen MR) is 355 cm³/mol. The predicted octanol–water partition coefficient (Wildman–Crippen LogP) is 21.3. The Kier molecular flexibility index (Phi) is 12.5. The Morgan fingerprint density at radius 2 is 0.847 bits per heavy atom. The van der Waals surface area contributed by atoms with Crippen LogP contribution < -0.4 is 0 Å². The second-order valence-electron chi connectivity index (χ2n) is 23.3. The van der Waals surface area contributed by atoms with Crippen molar-refractivity contribution in [3.05, 3.63) is 377 Å². The molecule has 2 atom stereocenters. The number of hydrogen-bond donors (Lipinski definition) is 0. The van der Waals surface area contributed by atoms with E-state index in [1.165, 1.54) is 139 Å². The van der Waals surface area contributed by atoms with Crippen molar-refractivity contribution in [2.75, 3.05) is 0 Å². The quantitative estimate of drug-likeness (QED) is 0.108. The largest absolute Gasteiger partial charge is 0.309 e. The summed E-state index contributed by atoms with van der Waals surface area (Å²) in [6.45, 7) is 0. The first kappa shape index (κ1) is 50.4. The molecule has 0 fully saturated rings. The summed E-state index contributed by atoms with van der Waals surface area (Å²) in [5.41, 5.74) is 29.2. The van der Waals surface area contributed by atoms with E-state index in [4.69, 9.17) is 0 Å². The van der Waals surface area contributed by atoms with Crippen LogP contribution >= 0.6 is 0 Å². The summed E-state index contributed by atoms with van der Waals surface area (Å²) in [6, 6.07) is 121. The molecular weight excluding hydrogens is 1020 g/mol. The number of benzene rings is 13. The van der Waals surface area contributed by atoms with Gasteiger partial charge in [0.2, 0.25) is 0 Å². The molecule has 1 aromatic heterocycles. The van der Waals surface area contributed by atoms with Crippen molar-refractivity contribution in [3.8, 4) is 61.3 Å². The van der Waals surface area contributed by atoms with Crippen molar-refractivity contribution in [3.63, 3.8) is 0 Å². The van der Waals surface area contributed by atoms with E-state index in [1.54, 1.807) is 0 Å². The summed E-state index contributed by atoms with van der Waals surface area (Å²) in [5, 5.41) is 2.53. The average molecular weight is 1080 g/mol. The molecule has 0 N–H and O–H groups in total.